The summed E-state index contributed by atoms with van der Waals surface area (Å²) in [7, 11) is -0.607. The third kappa shape index (κ3) is 15.0. The van der Waals surface area contributed by atoms with Gasteiger partial charge in [-0.1, -0.05) is 49.7 Å². The molecule has 0 saturated carbocycles. The Morgan fingerprint density at radius 3 is 1.22 bits per heavy atom. The van der Waals surface area contributed by atoms with Crippen molar-refractivity contribution in [3.63, 3.8) is 0 Å². The topological polar surface area (TPSA) is 18.5 Å². The fourth-order valence-electron chi connectivity index (χ4n) is 5.44. The number of benzene rings is 2. The van der Waals surface area contributed by atoms with Gasteiger partial charge in [0.15, 0.2) is 0 Å². The Balaban J connectivity index is 0. The third-order valence-corrected chi connectivity index (χ3v) is 9.35. The second-order valence-corrected chi connectivity index (χ2v) is 17.0. The predicted molar refractivity (Wildman–Crippen MR) is 196 cm³/mol. The second-order valence-electron chi connectivity index (χ2n) is 12.0. The number of allylic oxidation sites excluding steroid dienone is 6. The van der Waals surface area contributed by atoms with Gasteiger partial charge in [-0.2, -0.15) is 35.0 Å². The third-order valence-electron chi connectivity index (χ3n) is 7.36. The molecule has 4 aromatic carbocycles. The van der Waals surface area contributed by atoms with E-state index < -0.39 is 0 Å². The van der Waals surface area contributed by atoms with E-state index in [1.807, 2.05) is 0 Å². The number of hydrogen-bond donors (Lipinski definition) is 0. The van der Waals surface area contributed by atoms with Crippen LogP contribution in [0.15, 0.2) is 155 Å². The van der Waals surface area contributed by atoms with Crippen LogP contribution in [0.4, 0.5) is 0 Å². The first-order chi connectivity index (χ1) is 21.2. The SMILES string of the molecule is CC1=CC2=CC(C=[Si](C)C)OC2=C1.CC1=CC2=CC(C=[Si](C)C)OC2=C1.[Cl-].[Cl-].[Cl-].[Cl-].[Zr+4].[Zr+4].c1ccc2[cH-]ccc2c1.c1ccc2[cH-]ccc2c1. The molecule has 0 radical (unpaired) electrons. The first-order valence-electron chi connectivity index (χ1n) is 15.3. The molecule has 2 heterocycles. The summed E-state index contributed by atoms with van der Waals surface area (Å²) in [5.74, 6) is 2.11. The first kappa shape index (κ1) is 50.9. The summed E-state index contributed by atoms with van der Waals surface area (Å²) in [5, 5.41) is 5.32. The maximum absolute atomic E-state index is 5.75. The van der Waals surface area contributed by atoms with Crippen molar-refractivity contribution in [2.45, 2.75) is 52.2 Å². The average Bonchev–Trinajstić information content (AvgIpc) is 3.80. The monoisotopic (exact) mass is 930 g/mol. The van der Waals surface area contributed by atoms with Crippen LogP contribution in [0.1, 0.15) is 13.8 Å². The summed E-state index contributed by atoms with van der Waals surface area (Å²) in [6, 6.07) is 29.3. The zero-order valence-corrected chi connectivity index (χ0v) is 39.1. The maximum atomic E-state index is 5.75. The van der Waals surface area contributed by atoms with Crippen LogP contribution in [0.3, 0.4) is 0 Å². The molecule has 0 fully saturated rings. The molecule has 0 amide bonds. The molecule has 50 heavy (non-hydrogen) atoms. The molecule has 4 aliphatic rings. The van der Waals surface area contributed by atoms with E-state index in [0.29, 0.717) is 0 Å². The number of hydrogen-bond acceptors (Lipinski definition) is 2. The van der Waals surface area contributed by atoms with Gasteiger partial charge >= 0.3 is 52.4 Å². The Labute approximate surface area is 364 Å². The molecule has 2 nitrogen and oxygen atoms in total. The smallest absolute Gasteiger partial charge is 1.00 e. The largest absolute Gasteiger partial charge is 4.00 e. The van der Waals surface area contributed by atoms with Gasteiger partial charge in [-0.05, 0) is 61.4 Å². The molecule has 0 saturated heterocycles. The zero-order chi connectivity index (χ0) is 31.1. The summed E-state index contributed by atoms with van der Waals surface area (Å²) in [4.78, 5) is 0. The molecular weight excluding hydrogens is 893 g/mol. The molecule has 2 atom stereocenters. The summed E-state index contributed by atoms with van der Waals surface area (Å²) in [6.45, 7) is 13.3. The van der Waals surface area contributed by atoms with E-state index in [1.165, 1.54) is 43.8 Å². The van der Waals surface area contributed by atoms with E-state index in [1.54, 1.807) is 0 Å². The number of rotatable bonds is 2. The first-order valence-corrected chi connectivity index (χ1v) is 20.5. The van der Waals surface area contributed by atoms with Crippen LogP contribution >= 0.6 is 0 Å². The molecule has 2 aliphatic heterocycles. The second kappa shape index (κ2) is 24.9. The molecule has 2 aliphatic carbocycles. The van der Waals surface area contributed by atoms with Gasteiger partial charge in [-0.25, -0.2) is 0 Å². The average molecular weight is 935 g/mol. The minimum atomic E-state index is -0.304. The van der Waals surface area contributed by atoms with Gasteiger partial charge in [0, 0.05) is 28.0 Å². The van der Waals surface area contributed by atoms with Crippen molar-refractivity contribution in [1.82, 2.24) is 0 Å². The minimum absolute atomic E-state index is 0. The molecule has 10 heteroatoms. The molecule has 0 N–H and O–H groups in total. The molecule has 256 valence electrons. The van der Waals surface area contributed by atoms with E-state index in [9.17, 15) is 0 Å². The van der Waals surface area contributed by atoms with Crippen LogP contribution in [0.2, 0.25) is 26.2 Å². The standard InChI is InChI=1S/2C11H14OSi.2C9H7.4ClH.2Zr/c2*1-8-4-9-6-10(7-13(2)3)12-11(9)5-8;2*1-2-5-9-7-3-6-8(9)4-1;;;;;;/h2*4-7,10H,1-3H3;2*1-7H;4*1H;;/q;;2*-1;;;;;2*+4/p-4. The number of halogens is 4. The minimum Gasteiger partial charge on any atom is -1.00 e. The molecule has 2 unspecified atom stereocenters. The molecule has 4 aromatic rings. The van der Waals surface area contributed by atoms with Crippen LogP contribution in [0, 0.1) is 0 Å². The van der Waals surface area contributed by atoms with Crippen LogP contribution in [-0.2, 0) is 61.9 Å². The maximum Gasteiger partial charge on any atom is 4.00 e. The van der Waals surface area contributed by atoms with Gasteiger partial charge in [0.25, 0.3) is 0 Å². The Morgan fingerprint density at radius 1 is 0.540 bits per heavy atom. The molecule has 0 aromatic heterocycles. The van der Waals surface area contributed by atoms with E-state index >= 15 is 0 Å². The van der Waals surface area contributed by atoms with Crippen molar-refractivity contribution in [2.24, 2.45) is 0 Å². The van der Waals surface area contributed by atoms with E-state index in [-0.39, 0.29) is 131 Å². The van der Waals surface area contributed by atoms with Gasteiger partial charge in [0.05, 0.1) is 0 Å². The Kier molecular flexibility index (Phi) is 25.4. The normalized spacial score (nSPS) is 16.3. The molecule has 0 bridgehead atoms. The van der Waals surface area contributed by atoms with Gasteiger partial charge in [-0.15, -0.1) is 59.3 Å². The van der Waals surface area contributed by atoms with E-state index in [2.05, 4.69) is 173 Å². The van der Waals surface area contributed by atoms with Gasteiger partial charge in [0.1, 0.15) is 23.7 Å². The van der Waals surface area contributed by atoms with E-state index in [0.717, 1.165) is 11.5 Å². The van der Waals surface area contributed by atoms with Crippen LogP contribution in [0.25, 0.3) is 21.5 Å². The quantitative estimate of drug-likeness (QED) is 0.167. The molecule has 0 spiro atoms. The molecule has 8 rings (SSSR count). The number of ether oxygens (including phenoxy) is 2. The van der Waals surface area contributed by atoms with Gasteiger partial charge in [-0.3, -0.25) is 0 Å². The predicted octanol–water partition coefficient (Wildman–Crippen LogP) is -2.28. The van der Waals surface area contributed by atoms with Crippen LogP contribution < -0.4 is 49.6 Å². The summed E-state index contributed by atoms with van der Waals surface area (Å²) >= 11 is 0. The summed E-state index contributed by atoms with van der Waals surface area (Å²) in [5.41, 5.74) is 9.75. The van der Waals surface area contributed by atoms with Gasteiger partial charge in [0.2, 0.25) is 0 Å². The van der Waals surface area contributed by atoms with Crippen molar-refractivity contribution < 1.29 is 112 Å². The molecular formula is C40H42Cl4O2Si2Zr2+2. The van der Waals surface area contributed by atoms with Crippen LogP contribution in [-0.4, -0.2) is 40.4 Å². The van der Waals surface area contributed by atoms with Gasteiger partial charge < -0.3 is 59.1 Å². The zero-order valence-electron chi connectivity index (χ0n) is 29.2. The fraction of sp³-hybridized carbons (Fsp3) is 0.200. The Morgan fingerprint density at radius 2 is 0.900 bits per heavy atom. The van der Waals surface area contributed by atoms with E-state index in [4.69, 9.17) is 9.47 Å². The van der Waals surface area contributed by atoms with Crippen molar-refractivity contribution in [3.8, 4) is 0 Å². The Bertz CT molecular complexity index is 1710. The van der Waals surface area contributed by atoms with Crippen molar-refractivity contribution in [3.05, 3.63) is 155 Å². The summed E-state index contributed by atoms with van der Waals surface area (Å²) in [6.07, 6.45) is 13.5. The van der Waals surface area contributed by atoms with Crippen molar-refractivity contribution in [1.29, 1.82) is 0 Å². The number of fused-ring (bicyclic) bond motifs is 4. The Hall–Kier alpha value is -1.20. The van der Waals surface area contributed by atoms with Crippen molar-refractivity contribution in [2.75, 3.05) is 0 Å². The van der Waals surface area contributed by atoms with Crippen LogP contribution in [0.5, 0.6) is 0 Å². The fourth-order valence-corrected chi connectivity index (χ4v) is 7.08. The van der Waals surface area contributed by atoms with Crippen molar-refractivity contribution >= 4 is 49.7 Å². The summed E-state index contributed by atoms with van der Waals surface area (Å²) < 4.78 is 11.5.